The molecule has 3 rings (SSSR count). The molecule has 3 aliphatic rings. The highest BCUT2D eigenvalue weighted by Gasteiger charge is 2.64. The predicted octanol–water partition coefficient (Wildman–Crippen LogP) is -0.0376. The maximum Gasteiger partial charge on any atom is 0.309 e. The van der Waals surface area contributed by atoms with Crippen LogP contribution in [0.2, 0.25) is 0 Å². The van der Waals surface area contributed by atoms with Crippen LogP contribution in [0.1, 0.15) is 13.3 Å². The minimum absolute atomic E-state index is 0.187. The first-order valence-corrected chi connectivity index (χ1v) is 5.33. The Hall–Kier alpha value is -0.690. The van der Waals surface area contributed by atoms with Gasteiger partial charge in [-0.2, -0.15) is 0 Å². The molecule has 0 saturated carbocycles. The number of methoxy groups -OCH3 is 1. The maximum atomic E-state index is 11.0. The van der Waals surface area contributed by atoms with Crippen LogP contribution in [-0.4, -0.2) is 48.6 Å². The second-order valence-corrected chi connectivity index (χ2v) is 4.55. The van der Waals surface area contributed by atoms with Crippen LogP contribution < -0.4 is 0 Å². The van der Waals surface area contributed by atoms with E-state index in [0.29, 0.717) is 6.42 Å². The maximum absolute atomic E-state index is 11.0. The van der Waals surface area contributed by atoms with Gasteiger partial charge < -0.3 is 24.1 Å². The standard InChI is InChI=1S/C10H14O6/c1-10(13-2)15-7-5-3-4(9(11)12)6(14-5)8(7)16-10/h4-8H,3H2,1-2H3,(H,11,12)/t4?,5?,6-,7?,8+,10?/m0/s1. The number of carboxylic acid groups (broad SMARTS) is 1. The van der Waals surface area contributed by atoms with E-state index < -0.39 is 24.0 Å². The molecule has 3 aliphatic heterocycles. The molecule has 6 heteroatoms. The van der Waals surface area contributed by atoms with Gasteiger partial charge >= 0.3 is 5.97 Å². The monoisotopic (exact) mass is 230 g/mol. The number of fused-ring (bicyclic) bond motifs is 5. The molecule has 0 aliphatic carbocycles. The summed E-state index contributed by atoms with van der Waals surface area (Å²) in [6.07, 6.45) is -0.641. The summed E-state index contributed by atoms with van der Waals surface area (Å²) in [7, 11) is 1.50. The minimum atomic E-state index is -1.07. The van der Waals surface area contributed by atoms with Crippen molar-refractivity contribution in [1.82, 2.24) is 0 Å². The summed E-state index contributed by atoms with van der Waals surface area (Å²) in [4.78, 5) is 11.0. The zero-order chi connectivity index (χ0) is 11.5. The average molecular weight is 230 g/mol. The zero-order valence-corrected chi connectivity index (χ0v) is 9.08. The Labute approximate surface area is 92.4 Å². The number of carboxylic acids is 1. The zero-order valence-electron chi connectivity index (χ0n) is 9.08. The Morgan fingerprint density at radius 3 is 2.69 bits per heavy atom. The third kappa shape index (κ3) is 1.24. The lowest BCUT2D eigenvalue weighted by molar-refractivity contribution is -0.329. The third-order valence-electron chi connectivity index (χ3n) is 3.62. The van der Waals surface area contributed by atoms with Gasteiger partial charge in [-0.15, -0.1) is 0 Å². The molecule has 0 radical (unpaired) electrons. The Morgan fingerprint density at radius 1 is 1.38 bits per heavy atom. The summed E-state index contributed by atoms with van der Waals surface area (Å²) >= 11 is 0. The van der Waals surface area contributed by atoms with Crippen LogP contribution in [0.4, 0.5) is 0 Å². The number of hydrogen-bond donors (Lipinski definition) is 1. The summed E-state index contributed by atoms with van der Waals surface area (Å²) in [5.74, 6) is -2.39. The molecule has 2 bridgehead atoms. The number of ether oxygens (including phenoxy) is 4. The molecule has 0 aromatic heterocycles. The van der Waals surface area contributed by atoms with Crippen molar-refractivity contribution in [2.45, 2.75) is 43.7 Å². The average Bonchev–Trinajstić information content (AvgIpc) is 2.85. The summed E-state index contributed by atoms with van der Waals surface area (Å²) in [6.45, 7) is 1.68. The van der Waals surface area contributed by atoms with Crippen molar-refractivity contribution in [2.75, 3.05) is 7.11 Å². The lowest BCUT2D eigenvalue weighted by Gasteiger charge is -2.23. The molecule has 6 atom stereocenters. The second kappa shape index (κ2) is 3.16. The molecule has 4 unspecified atom stereocenters. The van der Waals surface area contributed by atoms with Crippen molar-refractivity contribution < 1.29 is 28.8 Å². The van der Waals surface area contributed by atoms with Crippen molar-refractivity contribution in [2.24, 2.45) is 5.92 Å². The molecule has 16 heavy (non-hydrogen) atoms. The Bertz CT molecular complexity index is 331. The summed E-state index contributed by atoms with van der Waals surface area (Å²) in [5.41, 5.74) is 0. The van der Waals surface area contributed by atoms with Crippen LogP contribution in [0.5, 0.6) is 0 Å². The molecule has 1 N–H and O–H groups in total. The van der Waals surface area contributed by atoms with Gasteiger partial charge in [0.2, 0.25) is 0 Å². The highest BCUT2D eigenvalue weighted by molar-refractivity contribution is 5.71. The van der Waals surface area contributed by atoms with Crippen LogP contribution in [0.3, 0.4) is 0 Å². The Morgan fingerprint density at radius 2 is 2.06 bits per heavy atom. The first kappa shape index (κ1) is 10.5. The van der Waals surface area contributed by atoms with E-state index in [-0.39, 0.29) is 18.3 Å². The fraction of sp³-hybridized carbons (Fsp3) is 0.900. The van der Waals surface area contributed by atoms with Crippen molar-refractivity contribution in [1.29, 1.82) is 0 Å². The Balaban J connectivity index is 1.81. The topological polar surface area (TPSA) is 74.2 Å². The molecule has 6 nitrogen and oxygen atoms in total. The van der Waals surface area contributed by atoms with Crippen LogP contribution in [0, 0.1) is 5.92 Å². The summed E-state index contributed by atoms with van der Waals surface area (Å²) in [5, 5.41) is 9.03. The molecule has 90 valence electrons. The van der Waals surface area contributed by atoms with E-state index in [2.05, 4.69) is 0 Å². The third-order valence-corrected chi connectivity index (χ3v) is 3.62. The fourth-order valence-corrected chi connectivity index (χ4v) is 2.79. The molecule has 0 aromatic rings. The van der Waals surface area contributed by atoms with E-state index in [0.717, 1.165) is 0 Å². The summed E-state index contributed by atoms with van der Waals surface area (Å²) in [6, 6.07) is 0. The molecule has 0 spiro atoms. The minimum Gasteiger partial charge on any atom is -0.481 e. The lowest BCUT2D eigenvalue weighted by atomic mass is 9.85. The van der Waals surface area contributed by atoms with Gasteiger partial charge in [0, 0.05) is 14.0 Å². The van der Waals surface area contributed by atoms with Crippen LogP contribution in [0.25, 0.3) is 0 Å². The molecule has 3 saturated heterocycles. The van der Waals surface area contributed by atoms with Crippen LogP contribution >= 0.6 is 0 Å². The number of hydrogen-bond acceptors (Lipinski definition) is 5. The molecule has 0 amide bonds. The molecule has 3 heterocycles. The lowest BCUT2D eigenvalue weighted by Crippen LogP contribution is -2.42. The fourth-order valence-electron chi connectivity index (χ4n) is 2.79. The molecular formula is C10H14O6. The normalized spacial score (nSPS) is 54.2. The van der Waals surface area contributed by atoms with Crippen molar-refractivity contribution in [3.8, 4) is 0 Å². The largest absolute Gasteiger partial charge is 0.481 e. The second-order valence-electron chi connectivity index (χ2n) is 4.55. The van der Waals surface area contributed by atoms with E-state index in [1.54, 1.807) is 6.92 Å². The highest BCUT2D eigenvalue weighted by atomic mass is 16.9. The summed E-state index contributed by atoms with van der Waals surface area (Å²) < 4.78 is 21.9. The van der Waals surface area contributed by atoms with E-state index in [9.17, 15) is 4.79 Å². The predicted molar refractivity (Wildman–Crippen MR) is 49.6 cm³/mol. The van der Waals surface area contributed by atoms with E-state index in [1.807, 2.05) is 0 Å². The van der Waals surface area contributed by atoms with Crippen LogP contribution in [0.15, 0.2) is 0 Å². The Kier molecular flexibility index (Phi) is 2.07. The van der Waals surface area contributed by atoms with Gasteiger partial charge in [0.25, 0.3) is 5.97 Å². The number of rotatable bonds is 2. The van der Waals surface area contributed by atoms with Gasteiger partial charge in [-0.1, -0.05) is 0 Å². The SMILES string of the molecule is COC1(C)OC2C3CC(C(=O)O)[C@H](O3)[C@H]2O1. The van der Waals surface area contributed by atoms with Gasteiger partial charge in [-0.05, 0) is 6.42 Å². The van der Waals surface area contributed by atoms with E-state index in [1.165, 1.54) is 7.11 Å². The van der Waals surface area contributed by atoms with Crippen LogP contribution in [-0.2, 0) is 23.7 Å². The first-order chi connectivity index (χ1) is 7.54. The van der Waals surface area contributed by atoms with E-state index in [4.69, 9.17) is 24.1 Å². The highest BCUT2D eigenvalue weighted by Crippen LogP contribution is 2.48. The number of aliphatic carboxylic acids is 1. The van der Waals surface area contributed by atoms with Crippen molar-refractivity contribution in [3.63, 3.8) is 0 Å². The smallest absolute Gasteiger partial charge is 0.309 e. The van der Waals surface area contributed by atoms with Gasteiger partial charge in [-0.3, -0.25) is 4.79 Å². The quantitative estimate of drug-likeness (QED) is 0.717. The van der Waals surface area contributed by atoms with Gasteiger partial charge in [-0.25, -0.2) is 0 Å². The van der Waals surface area contributed by atoms with Crippen molar-refractivity contribution in [3.05, 3.63) is 0 Å². The number of carbonyl (C=O) groups is 1. The van der Waals surface area contributed by atoms with Gasteiger partial charge in [0.15, 0.2) is 0 Å². The van der Waals surface area contributed by atoms with Gasteiger partial charge in [0.05, 0.1) is 12.0 Å². The van der Waals surface area contributed by atoms with Gasteiger partial charge in [0.1, 0.15) is 18.3 Å². The molecule has 0 aromatic carbocycles. The first-order valence-electron chi connectivity index (χ1n) is 5.33. The molecule has 3 fully saturated rings. The van der Waals surface area contributed by atoms with Crippen molar-refractivity contribution >= 4 is 5.97 Å². The molecular weight excluding hydrogens is 216 g/mol. The van der Waals surface area contributed by atoms with E-state index >= 15 is 0 Å².